The Bertz CT molecular complexity index is 683. The average molecular weight is 339 g/mol. The van der Waals surface area contributed by atoms with Crippen molar-refractivity contribution in [3.8, 4) is 0 Å². The summed E-state index contributed by atoms with van der Waals surface area (Å²) in [5, 5.41) is 3.70. The Balaban J connectivity index is 2.01. The van der Waals surface area contributed by atoms with Gasteiger partial charge in [0.2, 0.25) is 5.91 Å². The normalized spacial score (nSPS) is 10.3. The van der Waals surface area contributed by atoms with Crippen LogP contribution in [-0.4, -0.2) is 23.5 Å². The van der Waals surface area contributed by atoms with Gasteiger partial charge in [0.15, 0.2) is 5.13 Å². The van der Waals surface area contributed by atoms with E-state index in [2.05, 4.69) is 10.3 Å². The number of carbonyl (C=O) groups excluding carboxylic acids is 2. The number of halogens is 1. The first-order chi connectivity index (χ1) is 10.5. The first kappa shape index (κ1) is 16.5. The van der Waals surface area contributed by atoms with Crippen molar-refractivity contribution >= 4 is 39.9 Å². The lowest BCUT2D eigenvalue weighted by atomic mass is 10.1. The molecule has 0 saturated heterocycles. The maximum absolute atomic E-state index is 12.0. The molecule has 0 atom stereocenters. The molecule has 0 aliphatic heterocycles. The molecule has 1 aromatic carbocycles. The number of benzene rings is 1. The van der Waals surface area contributed by atoms with Crippen molar-refractivity contribution in [3.05, 3.63) is 45.4 Å². The highest BCUT2D eigenvalue weighted by Crippen LogP contribution is 2.23. The number of carbonyl (C=O) groups is 2. The highest BCUT2D eigenvalue weighted by atomic mass is 35.5. The van der Waals surface area contributed by atoms with Crippen LogP contribution in [0.25, 0.3) is 0 Å². The Hall–Kier alpha value is -1.92. The summed E-state index contributed by atoms with van der Waals surface area (Å²) < 4.78 is 4.94. The molecule has 0 radical (unpaired) electrons. The van der Waals surface area contributed by atoms with Gasteiger partial charge < -0.3 is 10.1 Å². The fourth-order valence-electron chi connectivity index (χ4n) is 1.79. The van der Waals surface area contributed by atoms with Gasteiger partial charge in [0.25, 0.3) is 0 Å². The maximum atomic E-state index is 12.0. The zero-order valence-corrected chi connectivity index (χ0v) is 13.8. The van der Waals surface area contributed by atoms with E-state index in [0.717, 1.165) is 16.9 Å². The summed E-state index contributed by atoms with van der Waals surface area (Å²) in [6.45, 7) is 3.75. The number of nitrogens with zero attached hydrogens (tertiary/aromatic N) is 1. The Morgan fingerprint density at radius 2 is 2.00 bits per heavy atom. The standard InChI is InChI=1S/C15H15ClN2O3S/c1-3-21-14(20)13-9(2)17-15(22-13)18-12(19)8-10-4-6-11(16)7-5-10/h4-7H,3,8H2,1-2H3,(H,17,18,19). The molecule has 2 rings (SSSR count). The SMILES string of the molecule is CCOC(=O)c1sc(NC(=O)Cc2ccc(Cl)cc2)nc1C. The zero-order valence-electron chi connectivity index (χ0n) is 12.2. The fourth-order valence-corrected chi connectivity index (χ4v) is 2.79. The molecule has 1 heterocycles. The van der Waals surface area contributed by atoms with Crippen molar-refractivity contribution in [2.24, 2.45) is 0 Å². The molecular formula is C15H15ClN2O3S. The molecule has 1 amide bonds. The van der Waals surface area contributed by atoms with E-state index in [1.807, 2.05) is 0 Å². The molecule has 1 N–H and O–H groups in total. The topological polar surface area (TPSA) is 68.3 Å². The summed E-state index contributed by atoms with van der Waals surface area (Å²) in [4.78, 5) is 28.3. The zero-order chi connectivity index (χ0) is 16.1. The maximum Gasteiger partial charge on any atom is 0.350 e. The predicted octanol–water partition coefficient (Wildman–Crippen LogP) is 3.46. The molecule has 5 nitrogen and oxygen atoms in total. The summed E-state index contributed by atoms with van der Waals surface area (Å²) >= 11 is 6.91. The van der Waals surface area contributed by atoms with Crippen molar-refractivity contribution in [1.82, 2.24) is 4.98 Å². The van der Waals surface area contributed by atoms with Gasteiger partial charge in [0, 0.05) is 5.02 Å². The number of ether oxygens (including phenoxy) is 1. The lowest BCUT2D eigenvalue weighted by molar-refractivity contribution is -0.115. The van der Waals surface area contributed by atoms with Gasteiger partial charge >= 0.3 is 5.97 Å². The second-order valence-corrected chi connectivity index (χ2v) is 5.94. The van der Waals surface area contributed by atoms with E-state index in [0.29, 0.717) is 27.3 Å². The predicted molar refractivity (Wildman–Crippen MR) is 86.6 cm³/mol. The Morgan fingerprint density at radius 1 is 1.32 bits per heavy atom. The number of anilines is 1. The molecule has 7 heteroatoms. The summed E-state index contributed by atoms with van der Waals surface area (Å²) in [5.41, 5.74) is 1.39. The van der Waals surface area contributed by atoms with Gasteiger partial charge in [-0.1, -0.05) is 35.1 Å². The van der Waals surface area contributed by atoms with Gasteiger partial charge in [-0.3, -0.25) is 4.79 Å². The molecular weight excluding hydrogens is 324 g/mol. The molecule has 0 saturated carbocycles. The monoisotopic (exact) mass is 338 g/mol. The molecule has 0 unspecified atom stereocenters. The van der Waals surface area contributed by atoms with Crippen molar-refractivity contribution in [3.63, 3.8) is 0 Å². The summed E-state index contributed by atoms with van der Waals surface area (Å²) in [6, 6.07) is 7.05. The third-order valence-electron chi connectivity index (χ3n) is 2.78. The molecule has 0 spiro atoms. The third kappa shape index (κ3) is 4.29. The number of esters is 1. The average Bonchev–Trinajstić information content (AvgIpc) is 2.82. The van der Waals surface area contributed by atoms with E-state index in [1.54, 1.807) is 38.1 Å². The molecule has 0 bridgehead atoms. The number of amides is 1. The van der Waals surface area contributed by atoms with Crippen LogP contribution >= 0.6 is 22.9 Å². The number of hydrogen-bond donors (Lipinski definition) is 1. The summed E-state index contributed by atoms with van der Waals surface area (Å²) in [6.07, 6.45) is 0.213. The van der Waals surface area contributed by atoms with Gasteiger partial charge in [-0.25, -0.2) is 9.78 Å². The fraction of sp³-hybridized carbons (Fsp3) is 0.267. The highest BCUT2D eigenvalue weighted by Gasteiger charge is 2.17. The Labute approximate surface area is 137 Å². The van der Waals surface area contributed by atoms with Crippen LogP contribution in [0.3, 0.4) is 0 Å². The molecule has 0 aliphatic rings. The number of aromatic nitrogens is 1. The van der Waals surface area contributed by atoms with Crippen LogP contribution in [0.1, 0.15) is 27.9 Å². The number of hydrogen-bond acceptors (Lipinski definition) is 5. The van der Waals surface area contributed by atoms with E-state index in [9.17, 15) is 9.59 Å². The number of thiazole rings is 1. The van der Waals surface area contributed by atoms with Gasteiger partial charge in [0.1, 0.15) is 4.88 Å². The lowest BCUT2D eigenvalue weighted by Crippen LogP contribution is -2.14. The second kappa shape index (κ2) is 7.38. The van der Waals surface area contributed by atoms with Crippen LogP contribution in [0.5, 0.6) is 0 Å². The van der Waals surface area contributed by atoms with Gasteiger partial charge in [-0.15, -0.1) is 0 Å². The van der Waals surface area contributed by atoms with E-state index < -0.39 is 5.97 Å². The van der Waals surface area contributed by atoms with Gasteiger partial charge in [-0.05, 0) is 31.5 Å². The lowest BCUT2D eigenvalue weighted by Gasteiger charge is -2.02. The van der Waals surface area contributed by atoms with Crippen molar-refractivity contribution < 1.29 is 14.3 Å². The number of nitrogens with one attached hydrogen (secondary N) is 1. The summed E-state index contributed by atoms with van der Waals surface area (Å²) in [7, 11) is 0. The minimum Gasteiger partial charge on any atom is -0.462 e. The van der Waals surface area contributed by atoms with Gasteiger partial charge in [0.05, 0.1) is 18.7 Å². The molecule has 1 aromatic heterocycles. The highest BCUT2D eigenvalue weighted by molar-refractivity contribution is 7.17. The van der Waals surface area contributed by atoms with Crippen molar-refractivity contribution in [2.75, 3.05) is 11.9 Å². The van der Waals surface area contributed by atoms with E-state index >= 15 is 0 Å². The summed E-state index contributed by atoms with van der Waals surface area (Å²) in [5.74, 6) is -0.623. The van der Waals surface area contributed by atoms with Crippen LogP contribution in [0.15, 0.2) is 24.3 Å². The molecule has 0 fully saturated rings. The smallest absolute Gasteiger partial charge is 0.350 e. The largest absolute Gasteiger partial charge is 0.462 e. The van der Waals surface area contributed by atoms with Crippen LogP contribution in [-0.2, 0) is 16.0 Å². The Kier molecular flexibility index (Phi) is 5.51. The van der Waals surface area contributed by atoms with Crippen LogP contribution in [0.4, 0.5) is 5.13 Å². The van der Waals surface area contributed by atoms with Crippen molar-refractivity contribution in [2.45, 2.75) is 20.3 Å². The molecule has 22 heavy (non-hydrogen) atoms. The quantitative estimate of drug-likeness (QED) is 0.848. The minimum atomic E-state index is -0.421. The number of rotatable bonds is 5. The van der Waals surface area contributed by atoms with Crippen LogP contribution < -0.4 is 5.32 Å². The molecule has 116 valence electrons. The first-order valence-corrected chi connectivity index (χ1v) is 7.88. The molecule has 2 aromatic rings. The van der Waals surface area contributed by atoms with Gasteiger partial charge in [-0.2, -0.15) is 0 Å². The third-order valence-corrected chi connectivity index (χ3v) is 4.09. The first-order valence-electron chi connectivity index (χ1n) is 6.68. The van der Waals surface area contributed by atoms with E-state index in [1.165, 1.54) is 0 Å². The Morgan fingerprint density at radius 3 is 2.64 bits per heavy atom. The van der Waals surface area contributed by atoms with Crippen LogP contribution in [0.2, 0.25) is 5.02 Å². The van der Waals surface area contributed by atoms with Crippen molar-refractivity contribution in [1.29, 1.82) is 0 Å². The number of aryl methyl sites for hydroxylation is 1. The van der Waals surface area contributed by atoms with E-state index in [4.69, 9.17) is 16.3 Å². The second-order valence-electron chi connectivity index (χ2n) is 4.51. The minimum absolute atomic E-state index is 0.202. The van der Waals surface area contributed by atoms with Crippen LogP contribution in [0, 0.1) is 6.92 Å². The van der Waals surface area contributed by atoms with E-state index in [-0.39, 0.29) is 12.3 Å². The molecule has 0 aliphatic carbocycles.